The van der Waals surface area contributed by atoms with Gasteiger partial charge in [-0.05, 0) is 36.8 Å². The van der Waals surface area contributed by atoms with Gasteiger partial charge in [-0.3, -0.25) is 4.72 Å². The van der Waals surface area contributed by atoms with Gasteiger partial charge in [-0.25, -0.2) is 13.1 Å². The molecule has 0 radical (unpaired) electrons. The molecule has 144 valence electrons. The Bertz CT molecular complexity index is 1210. The molecule has 0 fully saturated rings. The first-order chi connectivity index (χ1) is 13.3. The average Bonchev–Trinajstić information content (AvgIpc) is 3.25. The maximum Gasteiger partial charge on any atom is 0.333 e. The molecule has 0 saturated heterocycles. The summed E-state index contributed by atoms with van der Waals surface area (Å²) in [6.45, 7) is -1.62. The first-order valence-electron chi connectivity index (χ1n) is 8.38. The van der Waals surface area contributed by atoms with Crippen LogP contribution in [-0.4, -0.2) is 23.2 Å². The SMILES string of the molecule is Cc1c(S(=O)(=O)Nc2ccc(-c3cc4ccccc4[nH]3)cc2)cnn1C(F)F. The van der Waals surface area contributed by atoms with Crippen molar-refractivity contribution in [1.29, 1.82) is 0 Å². The van der Waals surface area contributed by atoms with Crippen LogP contribution in [0.5, 0.6) is 0 Å². The van der Waals surface area contributed by atoms with Gasteiger partial charge in [0, 0.05) is 22.3 Å². The molecule has 28 heavy (non-hydrogen) atoms. The van der Waals surface area contributed by atoms with Crippen molar-refractivity contribution in [3.8, 4) is 11.3 Å². The highest BCUT2D eigenvalue weighted by Crippen LogP contribution is 2.27. The number of sulfonamides is 1. The van der Waals surface area contributed by atoms with E-state index in [0.29, 0.717) is 10.4 Å². The fourth-order valence-electron chi connectivity index (χ4n) is 3.03. The third kappa shape index (κ3) is 3.24. The average molecular weight is 402 g/mol. The molecule has 4 rings (SSSR count). The molecule has 0 atom stereocenters. The molecule has 0 spiro atoms. The molecule has 6 nitrogen and oxygen atoms in total. The van der Waals surface area contributed by atoms with E-state index in [1.807, 2.05) is 30.3 Å². The quantitative estimate of drug-likeness (QED) is 0.515. The second kappa shape index (κ2) is 6.75. The number of halogens is 2. The van der Waals surface area contributed by atoms with E-state index in [2.05, 4.69) is 14.8 Å². The highest BCUT2D eigenvalue weighted by Gasteiger charge is 2.23. The van der Waals surface area contributed by atoms with Crippen LogP contribution in [0.1, 0.15) is 12.2 Å². The smallest absolute Gasteiger partial charge is 0.333 e. The summed E-state index contributed by atoms with van der Waals surface area (Å²) in [4.78, 5) is 3.02. The number of nitrogens with zero attached hydrogens (tertiary/aromatic N) is 2. The molecule has 2 heterocycles. The first kappa shape index (κ1) is 18.2. The Morgan fingerprint density at radius 2 is 1.82 bits per heavy atom. The number of alkyl halides is 2. The Kier molecular flexibility index (Phi) is 4.38. The Labute approximate surface area is 159 Å². The van der Waals surface area contributed by atoms with Crippen molar-refractivity contribution in [2.45, 2.75) is 18.4 Å². The number of para-hydroxylation sites is 1. The van der Waals surface area contributed by atoms with Gasteiger partial charge in [-0.15, -0.1) is 0 Å². The monoisotopic (exact) mass is 402 g/mol. The molecule has 0 bridgehead atoms. The van der Waals surface area contributed by atoms with E-state index < -0.39 is 16.6 Å². The lowest BCUT2D eigenvalue weighted by atomic mass is 10.1. The van der Waals surface area contributed by atoms with E-state index in [0.717, 1.165) is 28.4 Å². The maximum atomic E-state index is 12.8. The Balaban J connectivity index is 1.59. The van der Waals surface area contributed by atoms with Crippen molar-refractivity contribution >= 4 is 26.6 Å². The zero-order chi connectivity index (χ0) is 19.9. The topological polar surface area (TPSA) is 79.8 Å². The van der Waals surface area contributed by atoms with Gasteiger partial charge in [-0.2, -0.15) is 13.9 Å². The Hall–Kier alpha value is -3.20. The van der Waals surface area contributed by atoms with Crippen molar-refractivity contribution in [2.75, 3.05) is 4.72 Å². The Morgan fingerprint density at radius 1 is 1.11 bits per heavy atom. The minimum Gasteiger partial charge on any atom is -0.355 e. The zero-order valence-electron chi connectivity index (χ0n) is 14.7. The van der Waals surface area contributed by atoms with Crippen LogP contribution in [0.25, 0.3) is 22.2 Å². The summed E-state index contributed by atoms with van der Waals surface area (Å²) >= 11 is 0. The number of nitrogens with one attached hydrogen (secondary N) is 2. The highest BCUT2D eigenvalue weighted by atomic mass is 32.2. The van der Waals surface area contributed by atoms with Gasteiger partial charge in [-0.1, -0.05) is 30.3 Å². The molecule has 2 aromatic carbocycles. The van der Waals surface area contributed by atoms with Crippen molar-refractivity contribution in [3.63, 3.8) is 0 Å². The Morgan fingerprint density at radius 3 is 2.46 bits per heavy atom. The molecule has 9 heteroatoms. The molecular weight excluding hydrogens is 386 g/mol. The number of fused-ring (bicyclic) bond motifs is 1. The number of rotatable bonds is 5. The van der Waals surface area contributed by atoms with E-state index in [4.69, 9.17) is 0 Å². The molecule has 0 aliphatic carbocycles. The number of aromatic nitrogens is 3. The van der Waals surface area contributed by atoms with Crippen molar-refractivity contribution < 1.29 is 17.2 Å². The number of H-pyrrole nitrogens is 1. The van der Waals surface area contributed by atoms with E-state index in [9.17, 15) is 17.2 Å². The summed E-state index contributed by atoms with van der Waals surface area (Å²) in [5, 5.41) is 4.52. The van der Waals surface area contributed by atoms with Crippen LogP contribution in [0.4, 0.5) is 14.5 Å². The second-order valence-electron chi connectivity index (χ2n) is 6.27. The van der Waals surface area contributed by atoms with Gasteiger partial charge in [0.15, 0.2) is 0 Å². The van der Waals surface area contributed by atoms with E-state index in [1.54, 1.807) is 24.3 Å². The molecular formula is C19H16F2N4O2S. The number of benzene rings is 2. The van der Waals surface area contributed by atoms with Gasteiger partial charge in [0.25, 0.3) is 10.0 Å². The van der Waals surface area contributed by atoms with Crippen LogP contribution in [0.15, 0.2) is 65.7 Å². The largest absolute Gasteiger partial charge is 0.355 e. The van der Waals surface area contributed by atoms with Crippen LogP contribution >= 0.6 is 0 Å². The third-order valence-corrected chi connectivity index (χ3v) is 5.94. The van der Waals surface area contributed by atoms with Gasteiger partial charge in [0.2, 0.25) is 0 Å². The first-order valence-corrected chi connectivity index (χ1v) is 9.87. The summed E-state index contributed by atoms with van der Waals surface area (Å²) < 4.78 is 53.4. The molecule has 2 N–H and O–H groups in total. The van der Waals surface area contributed by atoms with Crippen LogP contribution in [0.3, 0.4) is 0 Å². The minimum atomic E-state index is -4.03. The molecule has 0 aliphatic rings. The van der Waals surface area contributed by atoms with Crippen molar-refractivity contribution in [2.24, 2.45) is 0 Å². The standard InChI is InChI=1S/C19H16F2N4O2S/c1-12-18(11-22-25(12)19(20)21)28(26,27)24-15-8-6-13(7-9-15)17-10-14-4-2-3-5-16(14)23-17/h2-11,19,23-24H,1H3. The van der Waals surface area contributed by atoms with E-state index >= 15 is 0 Å². The number of hydrogen-bond donors (Lipinski definition) is 2. The number of hydrogen-bond acceptors (Lipinski definition) is 3. The summed E-state index contributed by atoms with van der Waals surface area (Å²) in [5.41, 5.74) is 3.00. The van der Waals surface area contributed by atoms with E-state index in [-0.39, 0.29) is 10.6 Å². The van der Waals surface area contributed by atoms with Gasteiger partial charge >= 0.3 is 6.55 Å². The minimum absolute atomic E-state index is 0.128. The molecule has 4 aromatic rings. The third-order valence-electron chi connectivity index (χ3n) is 4.45. The maximum absolute atomic E-state index is 12.8. The van der Waals surface area contributed by atoms with Crippen molar-refractivity contribution in [1.82, 2.24) is 14.8 Å². The van der Waals surface area contributed by atoms with Gasteiger partial charge in [0.1, 0.15) is 4.90 Å². The van der Waals surface area contributed by atoms with Gasteiger partial charge in [0.05, 0.1) is 11.9 Å². The zero-order valence-corrected chi connectivity index (χ0v) is 15.5. The van der Waals surface area contributed by atoms with Crippen LogP contribution in [0.2, 0.25) is 0 Å². The van der Waals surface area contributed by atoms with Gasteiger partial charge < -0.3 is 4.98 Å². The number of anilines is 1. The lowest BCUT2D eigenvalue weighted by Gasteiger charge is -2.09. The van der Waals surface area contributed by atoms with Crippen LogP contribution < -0.4 is 4.72 Å². The summed E-state index contributed by atoms with van der Waals surface area (Å²) in [6, 6.07) is 16.7. The second-order valence-corrected chi connectivity index (χ2v) is 7.92. The fraction of sp³-hybridized carbons (Fsp3) is 0.105. The summed E-state index contributed by atoms with van der Waals surface area (Å²) in [7, 11) is -4.03. The number of aromatic amines is 1. The predicted molar refractivity (Wildman–Crippen MR) is 103 cm³/mol. The summed E-state index contributed by atoms with van der Waals surface area (Å²) in [6.07, 6.45) is 0.919. The molecule has 0 unspecified atom stereocenters. The molecule has 0 amide bonds. The molecule has 2 aromatic heterocycles. The molecule has 0 aliphatic heterocycles. The normalized spacial score (nSPS) is 12.0. The highest BCUT2D eigenvalue weighted by molar-refractivity contribution is 7.92. The molecule has 0 saturated carbocycles. The summed E-state index contributed by atoms with van der Waals surface area (Å²) in [5.74, 6) is 0. The van der Waals surface area contributed by atoms with Crippen LogP contribution in [0, 0.1) is 6.92 Å². The lowest BCUT2D eigenvalue weighted by Crippen LogP contribution is -2.14. The van der Waals surface area contributed by atoms with Crippen molar-refractivity contribution in [3.05, 3.63) is 66.5 Å². The predicted octanol–water partition coefficient (Wildman–Crippen LogP) is 4.54. The van der Waals surface area contributed by atoms with Crippen LogP contribution in [-0.2, 0) is 10.0 Å². The lowest BCUT2D eigenvalue weighted by molar-refractivity contribution is 0.0541. The fourth-order valence-corrected chi connectivity index (χ4v) is 4.25. The van der Waals surface area contributed by atoms with E-state index in [1.165, 1.54) is 6.92 Å².